The van der Waals surface area contributed by atoms with E-state index in [9.17, 15) is 4.79 Å². The third-order valence-corrected chi connectivity index (χ3v) is 5.23. The fourth-order valence-electron chi connectivity index (χ4n) is 3.04. The highest BCUT2D eigenvalue weighted by atomic mass is 79.9. The van der Waals surface area contributed by atoms with Crippen molar-refractivity contribution in [2.75, 3.05) is 16.0 Å². The minimum absolute atomic E-state index is 0.215. The topological polar surface area (TPSA) is 89.0 Å². The monoisotopic (exact) mass is 523 g/mol. The smallest absolute Gasteiger partial charge is 0.248 e. The van der Waals surface area contributed by atoms with Gasteiger partial charge >= 0.3 is 0 Å². The van der Waals surface area contributed by atoms with Crippen LogP contribution in [-0.4, -0.2) is 26.2 Å². The Labute approximate surface area is 204 Å². The molecule has 4 aromatic rings. The third kappa shape index (κ3) is 6.06. The molecule has 2 N–H and O–H groups in total. The Kier molecular flexibility index (Phi) is 7.49. The normalized spacial score (nSPS) is 11.0. The predicted molar refractivity (Wildman–Crippen MR) is 134 cm³/mol. The quantitative estimate of drug-likeness (QED) is 0.221. The van der Waals surface area contributed by atoms with Crippen molar-refractivity contribution >= 4 is 61.5 Å². The van der Waals surface area contributed by atoms with Gasteiger partial charge in [0.1, 0.15) is 24.5 Å². The number of amides is 1. The van der Waals surface area contributed by atoms with Crippen LogP contribution in [-0.2, 0) is 11.4 Å². The van der Waals surface area contributed by atoms with Crippen LogP contribution in [0.1, 0.15) is 5.69 Å². The van der Waals surface area contributed by atoms with E-state index < -0.39 is 0 Å². The van der Waals surface area contributed by atoms with Crippen LogP contribution < -0.4 is 15.4 Å². The lowest BCUT2D eigenvalue weighted by Gasteiger charge is -2.12. The van der Waals surface area contributed by atoms with Crippen molar-refractivity contribution in [2.45, 2.75) is 6.61 Å². The lowest BCUT2D eigenvalue weighted by molar-refractivity contribution is -0.111. The Morgan fingerprint density at radius 1 is 1.06 bits per heavy atom. The molecular formula is C24H19BrClN5O2. The number of hydrogen-bond acceptors (Lipinski definition) is 6. The molecule has 0 saturated carbocycles. The van der Waals surface area contributed by atoms with Crippen molar-refractivity contribution in [3.63, 3.8) is 0 Å². The number of ether oxygens (including phenoxy) is 1. The summed E-state index contributed by atoms with van der Waals surface area (Å²) in [6.07, 6.45) is 6.39. The number of alkyl halides is 1. The number of carbonyl (C=O) groups excluding carboxylic acids is 1. The summed E-state index contributed by atoms with van der Waals surface area (Å²) >= 11 is 9.68. The van der Waals surface area contributed by atoms with Crippen molar-refractivity contribution in [2.24, 2.45) is 0 Å². The second-order valence-electron chi connectivity index (χ2n) is 6.88. The van der Waals surface area contributed by atoms with E-state index in [0.717, 1.165) is 22.3 Å². The molecule has 0 spiro atoms. The molecule has 7 nitrogen and oxygen atoms in total. The molecule has 0 saturated heterocycles. The summed E-state index contributed by atoms with van der Waals surface area (Å²) in [6.45, 7) is 0.323. The van der Waals surface area contributed by atoms with Gasteiger partial charge in [-0.25, -0.2) is 9.97 Å². The molecule has 9 heteroatoms. The van der Waals surface area contributed by atoms with Crippen LogP contribution in [0.5, 0.6) is 5.75 Å². The first-order valence-corrected chi connectivity index (χ1v) is 11.5. The number of allylic oxidation sites excluding steroid dienone is 1. The first-order valence-electron chi connectivity index (χ1n) is 10.00. The number of hydrogen-bond donors (Lipinski definition) is 2. The highest BCUT2D eigenvalue weighted by Crippen LogP contribution is 2.31. The molecule has 166 valence electrons. The molecule has 0 fully saturated rings. The molecule has 0 atom stereocenters. The van der Waals surface area contributed by atoms with Gasteiger partial charge in [-0.15, -0.1) is 0 Å². The maximum atomic E-state index is 12.0. The first-order chi connectivity index (χ1) is 16.1. The largest absolute Gasteiger partial charge is 0.486 e. The summed E-state index contributed by atoms with van der Waals surface area (Å²) in [5.74, 6) is 0.931. The summed E-state index contributed by atoms with van der Waals surface area (Å²) in [5, 5.41) is 7.92. The van der Waals surface area contributed by atoms with Gasteiger partial charge in [-0.1, -0.05) is 39.7 Å². The molecule has 2 aromatic carbocycles. The number of nitrogens with zero attached hydrogens (tertiary/aromatic N) is 3. The van der Waals surface area contributed by atoms with E-state index in [0.29, 0.717) is 34.2 Å². The average molecular weight is 525 g/mol. The number of fused-ring (bicyclic) bond motifs is 1. The lowest BCUT2D eigenvalue weighted by atomic mass is 10.2. The van der Waals surface area contributed by atoms with Gasteiger partial charge in [0.15, 0.2) is 0 Å². The van der Waals surface area contributed by atoms with Crippen LogP contribution in [0, 0.1) is 0 Å². The number of nitrogens with one attached hydrogen (secondary N) is 2. The maximum absolute atomic E-state index is 12.0. The predicted octanol–water partition coefficient (Wildman–Crippen LogP) is 5.89. The molecule has 2 aromatic heterocycles. The molecule has 0 aliphatic rings. The van der Waals surface area contributed by atoms with Gasteiger partial charge in [-0.2, -0.15) is 0 Å². The molecule has 4 rings (SSSR count). The maximum Gasteiger partial charge on any atom is 0.248 e. The Morgan fingerprint density at radius 3 is 2.73 bits per heavy atom. The summed E-state index contributed by atoms with van der Waals surface area (Å²) < 4.78 is 5.78. The standard InChI is InChI=1S/C24H19BrClN5O2/c25-10-3-5-23(32)30-16-6-8-21-19(12-16)24(29-15-28-21)31-17-7-9-22(20(26)13-17)33-14-18-4-1-2-11-27-18/h1-9,11-13,15H,10,14H2,(H,30,32)(H,28,29,31). The van der Waals surface area contributed by atoms with Gasteiger partial charge in [-0.05, 0) is 48.5 Å². The average Bonchev–Trinajstić information content (AvgIpc) is 2.83. The van der Waals surface area contributed by atoms with Gasteiger partial charge in [0, 0.05) is 34.4 Å². The van der Waals surface area contributed by atoms with E-state index in [4.69, 9.17) is 16.3 Å². The fraction of sp³-hybridized carbons (Fsp3) is 0.0833. The number of pyridine rings is 1. The number of halogens is 2. The van der Waals surface area contributed by atoms with Crippen LogP contribution in [0.4, 0.5) is 17.2 Å². The highest BCUT2D eigenvalue weighted by molar-refractivity contribution is 9.09. The summed E-state index contributed by atoms with van der Waals surface area (Å²) in [5.41, 5.74) is 2.93. The number of carbonyl (C=O) groups is 1. The van der Waals surface area contributed by atoms with Crippen molar-refractivity contribution in [3.8, 4) is 5.75 Å². The second-order valence-corrected chi connectivity index (χ2v) is 7.93. The Morgan fingerprint density at radius 2 is 1.94 bits per heavy atom. The number of anilines is 3. The molecule has 0 aliphatic carbocycles. The van der Waals surface area contributed by atoms with Crippen LogP contribution in [0.2, 0.25) is 5.02 Å². The second kappa shape index (κ2) is 10.9. The van der Waals surface area contributed by atoms with Crippen molar-refractivity contribution in [1.29, 1.82) is 0 Å². The van der Waals surface area contributed by atoms with Gasteiger partial charge in [0.05, 0.1) is 16.2 Å². The minimum Gasteiger partial charge on any atom is -0.486 e. The molecular weight excluding hydrogens is 506 g/mol. The zero-order valence-electron chi connectivity index (χ0n) is 17.3. The third-order valence-electron chi connectivity index (χ3n) is 4.56. The van der Waals surface area contributed by atoms with E-state index in [1.807, 2.05) is 36.4 Å². The number of rotatable bonds is 8. The first kappa shape index (κ1) is 22.7. The van der Waals surface area contributed by atoms with Crippen molar-refractivity contribution in [1.82, 2.24) is 15.0 Å². The van der Waals surface area contributed by atoms with Crippen LogP contribution >= 0.6 is 27.5 Å². The highest BCUT2D eigenvalue weighted by Gasteiger charge is 2.09. The zero-order chi connectivity index (χ0) is 23.0. The Bertz CT molecular complexity index is 1300. The summed E-state index contributed by atoms with van der Waals surface area (Å²) in [6, 6.07) is 16.5. The minimum atomic E-state index is -0.215. The SMILES string of the molecule is O=C(C=CCBr)Nc1ccc2ncnc(Nc3ccc(OCc4ccccn4)c(Cl)c3)c2c1. The number of aromatic nitrogens is 3. The van der Waals surface area contributed by atoms with Gasteiger partial charge in [-0.3, -0.25) is 9.78 Å². The van der Waals surface area contributed by atoms with E-state index >= 15 is 0 Å². The van der Waals surface area contributed by atoms with Crippen LogP contribution in [0.3, 0.4) is 0 Å². The van der Waals surface area contributed by atoms with Crippen molar-refractivity contribution < 1.29 is 9.53 Å². The van der Waals surface area contributed by atoms with Gasteiger partial charge in [0.25, 0.3) is 0 Å². The van der Waals surface area contributed by atoms with Crippen LogP contribution in [0.15, 0.2) is 79.3 Å². The fourth-order valence-corrected chi connectivity index (χ4v) is 3.46. The van der Waals surface area contributed by atoms with Gasteiger partial charge in [0.2, 0.25) is 5.91 Å². The van der Waals surface area contributed by atoms with Crippen LogP contribution in [0.25, 0.3) is 10.9 Å². The molecule has 2 heterocycles. The summed E-state index contributed by atoms with van der Waals surface area (Å²) in [4.78, 5) is 24.9. The van der Waals surface area contributed by atoms with E-state index in [1.165, 1.54) is 12.4 Å². The van der Waals surface area contributed by atoms with Gasteiger partial charge < -0.3 is 15.4 Å². The lowest BCUT2D eigenvalue weighted by Crippen LogP contribution is -2.08. The Balaban J connectivity index is 1.51. The van der Waals surface area contributed by atoms with E-state index in [-0.39, 0.29) is 5.91 Å². The molecule has 0 unspecified atom stereocenters. The molecule has 1 amide bonds. The van der Waals surface area contributed by atoms with E-state index in [2.05, 4.69) is 41.5 Å². The summed E-state index contributed by atoms with van der Waals surface area (Å²) in [7, 11) is 0. The number of benzene rings is 2. The molecule has 0 bridgehead atoms. The molecule has 33 heavy (non-hydrogen) atoms. The zero-order valence-corrected chi connectivity index (χ0v) is 19.7. The molecule has 0 aliphatic heterocycles. The van der Waals surface area contributed by atoms with Crippen molar-refractivity contribution in [3.05, 3.63) is 90.0 Å². The molecule has 0 radical (unpaired) electrons. The van der Waals surface area contributed by atoms with E-state index in [1.54, 1.807) is 30.5 Å². The Hall–Kier alpha value is -3.49.